The van der Waals surface area contributed by atoms with Crippen LogP contribution < -0.4 is 4.90 Å². The van der Waals surface area contributed by atoms with Crippen LogP contribution in [0.15, 0.2) is 41.1 Å². The molecule has 1 aromatic carbocycles. The van der Waals surface area contributed by atoms with Gasteiger partial charge in [0.2, 0.25) is 0 Å². The van der Waals surface area contributed by atoms with Crippen LogP contribution in [-0.4, -0.2) is 43.2 Å². The first-order valence-electron chi connectivity index (χ1n) is 8.32. The first-order chi connectivity index (χ1) is 11.6. The minimum atomic E-state index is -0.655. The van der Waals surface area contributed by atoms with E-state index in [4.69, 9.17) is 0 Å². The average Bonchev–Trinajstić information content (AvgIpc) is 3.10. The van der Waals surface area contributed by atoms with Gasteiger partial charge in [-0.1, -0.05) is 12.1 Å². The first-order valence-corrected chi connectivity index (χ1v) is 9.27. The van der Waals surface area contributed by atoms with Crippen LogP contribution in [0.1, 0.15) is 30.0 Å². The van der Waals surface area contributed by atoms with Crippen molar-refractivity contribution in [2.24, 2.45) is 5.92 Å². The molecule has 1 atom stereocenters. The number of nitrogens with zero attached hydrogens (tertiary/aromatic N) is 2. The molecule has 0 radical (unpaired) electrons. The monoisotopic (exact) mass is 344 g/mol. The van der Waals surface area contributed by atoms with Crippen molar-refractivity contribution in [1.29, 1.82) is 0 Å². The van der Waals surface area contributed by atoms with Gasteiger partial charge in [0.25, 0.3) is 0 Å². The minimum Gasteiger partial charge on any atom is -0.481 e. The Balaban J connectivity index is 1.84. The molecule has 1 aliphatic rings. The van der Waals surface area contributed by atoms with E-state index in [0.717, 1.165) is 25.9 Å². The fourth-order valence-corrected chi connectivity index (χ4v) is 4.08. The quantitative estimate of drug-likeness (QED) is 0.898. The van der Waals surface area contributed by atoms with E-state index in [2.05, 4.69) is 50.9 Å². The highest BCUT2D eigenvalue weighted by Gasteiger charge is 2.30. The number of piperidine rings is 1. The van der Waals surface area contributed by atoms with Gasteiger partial charge in [0.1, 0.15) is 0 Å². The van der Waals surface area contributed by atoms with Crippen molar-refractivity contribution in [3.05, 3.63) is 52.2 Å². The van der Waals surface area contributed by atoms with Gasteiger partial charge in [-0.15, -0.1) is 0 Å². The molecule has 5 heteroatoms. The second-order valence-corrected chi connectivity index (χ2v) is 7.37. The van der Waals surface area contributed by atoms with Gasteiger partial charge >= 0.3 is 5.97 Å². The van der Waals surface area contributed by atoms with Crippen LogP contribution in [0.5, 0.6) is 0 Å². The van der Waals surface area contributed by atoms with Crippen LogP contribution in [0, 0.1) is 5.92 Å². The molecule has 1 aliphatic heterocycles. The Morgan fingerprint density at radius 2 is 1.83 bits per heavy atom. The number of likely N-dealkylation sites (tertiary alicyclic amines) is 1. The summed E-state index contributed by atoms with van der Waals surface area (Å²) in [6.45, 7) is 1.65. The predicted molar refractivity (Wildman–Crippen MR) is 98.9 cm³/mol. The summed E-state index contributed by atoms with van der Waals surface area (Å²) in [5, 5.41) is 13.5. The maximum Gasteiger partial charge on any atom is 0.306 e. The molecule has 0 saturated carbocycles. The molecule has 2 aromatic rings. The zero-order chi connectivity index (χ0) is 17.1. The lowest BCUT2D eigenvalue weighted by atomic mass is 9.92. The summed E-state index contributed by atoms with van der Waals surface area (Å²) >= 11 is 1.71. The third-order valence-electron chi connectivity index (χ3n) is 4.83. The number of aliphatic carboxylic acids is 1. The van der Waals surface area contributed by atoms with Crippen molar-refractivity contribution in [2.45, 2.75) is 18.9 Å². The molecule has 2 heterocycles. The van der Waals surface area contributed by atoms with E-state index in [1.807, 2.05) is 14.1 Å². The van der Waals surface area contributed by atoms with Gasteiger partial charge in [0.05, 0.1) is 12.0 Å². The van der Waals surface area contributed by atoms with E-state index in [9.17, 15) is 9.90 Å². The topological polar surface area (TPSA) is 43.8 Å². The smallest absolute Gasteiger partial charge is 0.306 e. The van der Waals surface area contributed by atoms with Gasteiger partial charge in [0.15, 0.2) is 0 Å². The molecule has 4 nitrogen and oxygen atoms in total. The van der Waals surface area contributed by atoms with Crippen LogP contribution in [-0.2, 0) is 4.79 Å². The Bertz CT molecular complexity index is 659. The number of benzene rings is 1. The number of rotatable bonds is 5. The maximum atomic E-state index is 11.2. The first kappa shape index (κ1) is 17.0. The van der Waals surface area contributed by atoms with Gasteiger partial charge < -0.3 is 10.0 Å². The van der Waals surface area contributed by atoms with Crippen LogP contribution in [0.3, 0.4) is 0 Å². The largest absolute Gasteiger partial charge is 0.481 e. The SMILES string of the molecule is CN(C)c1ccc(C(c2ccsc2)N2CCC(C(=O)O)CC2)cc1. The van der Waals surface area contributed by atoms with Gasteiger partial charge in [-0.25, -0.2) is 0 Å². The molecule has 0 spiro atoms. The molecule has 0 amide bonds. The minimum absolute atomic E-state index is 0.194. The van der Waals surface area contributed by atoms with Crippen molar-refractivity contribution in [1.82, 2.24) is 4.90 Å². The normalized spacial score (nSPS) is 17.6. The molecule has 3 rings (SSSR count). The third kappa shape index (κ3) is 3.62. The molecule has 1 unspecified atom stereocenters. The van der Waals surface area contributed by atoms with E-state index in [0.29, 0.717) is 0 Å². The third-order valence-corrected chi connectivity index (χ3v) is 5.53. The van der Waals surface area contributed by atoms with Crippen molar-refractivity contribution in [2.75, 3.05) is 32.1 Å². The van der Waals surface area contributed by atoms with Gasteiger partial charge in [-0.05, 0) is 66.0 Å². The van der Waals surface area contributed by atoms with Crippen LogP contribution >= 0.6 is 11.3 Å². The molecule has 0 bridgehead atoms. The average molecular weight is 344 g/mol. The lowest BCUT2D eigenvalue weighted by Crippen LogP contribution is -2.39. The molecular weight excluding hydrogens is 320 g/mol. The zero-order valence-electron chi connectivity index (χ0n) is 14.2. The van der Waals surface area contributed by atoms with E-state index in [1.54, 1.807) is 11.3 Å². The number of hydrogen-bond acceptors (Lipinski definition) is 4. The van der Waals surface area contributed by atoms with Crippen molar-refractivity contribution in [3.8, 4) is 0 Å². The van der Waals surface area contributed by atoms with Crippen LogP contribution in [0.25, 0.3) is 0 Å². The standard InChI is InChI=1S/C19H24N2O2S/c1-20(2)17-5-3-14(4-6-17)18(16-9-12-24-13-16)21-10-7-15(8-11-21)19(22)23/h3-6,9,12-13,15,18H,7-8,10-11H2,1-2H3,(H,22,23). The number of anilines is 1. The maximum absolute atomic E-state index is 11.2. The molecule has 128 valence electrons. The molecule has 1 aromatic heterocycles. The highest BCUT2D eigenvalue weighted by atomic mass is 32.1. The summed E-state index contributed by atoms with van der Waals surface area (Å²) in [4.78, 5) is 15.7. The molecule has 1 saturated heterocycles. The summed E-state index contributed by atoms with van der Waals surface area (Å²) in [5.74, 6) is -0.849. The zero-order valence-corrected chi connectivity index (χ0v) is 15.0. The molecule has 1 fully saturated rings. The molecule has 24 heavy (non-hydrogen) atoms. The second-order valence-electron chi connectivity index (χ2n) is 6.59. The van der Waals surface area contributed by atoms with Crippen molar-refractivity contribution < 1.29 is 9.90 Å². The van der Waals surface area contributed by atoms with E-state index < -0.39 is 5.97 Å². The summed E-state index contributed by atoms with van der Waals surface area (Å²) < 4.78 is 0. The van der Waals surface area contributed by atoms with E-state index >= 15 is 0 Å². The number of carboxylic acids is 1. The van der Waals surface area contributed by atoms with Crippen LogP contribution in [0.2, 0.25) is 0 Å². The summed E-state index contributed by atoms with van der Waals surface area (Å²) in [5.41, 5.74) is 3.76. The molecule has 0 aliphatic carbocycles. The molecule has 1 N–H and O–H groups in total. The number of thiophene rings is 1. The van der Waals surface area contributed by atoms with E-state index in [1.165, 1.54) is 16.8 Å². The highest BCUT2D eigenvalue weighted by molar-refractivity contribution is 7.08. The Hall–Kier alpha value is -1.85. The number of carbonyl (C=O) groups is 1. The Morgan fingerprint density at radius 1 is 1.17 bits per heavy atom. The van der Waals surface area contributed by atoms with E-state index in [-0.39, 0.29) is 12.0 Å². The summed E-state index contributed by atoms with van der Waals surface area (Å²) in [7, 11) is 4.09. The number of hydrogen-bond donors (Lipinski definition) is 1. The van der Waals surface area contributed by atoms with Crippen LogP contribution in [0.4, 0.5) is 5.69 Å². The van der Waals surface area contributed by atoms with Gasteiger partial charge in [-0.2, -0.15) is 11.3 Å². The van der Waals surface area contributed by atoms with Gasteiger partial charge in [0, 0.05) is 19.8 Å². The Morgan fingerprint density at radius 3 is 2.33 bits per heavy atom. The predicted octanol–water partition coefficient (Wildman–Crippen LogP) is 3.70. The lowest BCUT2D eigenvalue weighted by molar-refractivity contribution is -0.143. The lowest BCUT2D eigenvalue weighted by Gasteiger charge is -2.36. The summed E-state index contributed by atoms with van der Waals surface area (Å²) in [6.07, 6.45) is 1.46. The Kier molecular flexibility index (Phi) is 5.21. The second kappa shape index (κ2) is 7.36. The fraction of sp³-hybridized carbons (Fsp3) is 0.421. The van der Waals surface area contributed by atoms with Gasteiger partial charge in [-0.3, -0.25) is 9.69 Å². The number of carboxylic acid groups (broad SMARTS) is 1. The Labute approximate surface area is 147 Å². The molecular formula is C19H24N2O2S. The highest BCUT2D eigenvalue weighted by Crippen LogP contribution is 2.34. The fourth-order valence-electron chi connectivity index (χ4n) is 3.40. The van der Waals surface area contributed by atoms with Crippen molar-refractivity contribution >= 4 is 23.0 Å². The van der Waals surface area contributed by atoms with Crippen molar-refractivity contribution in [3.63, 3.8) is 0 Å². The summed E-state index contributed by atoms with van der Waals surface area (Å²) in [6, 6.07) is 11.1.